The van der Waals surface area contributed by atoms with Gasteiger partial charge in [0.2, 0.25) is 21.1 Å². The standard InChI is InChI=1S/C20H21N5O6S2/c1-31-17-11-10-15(25(27)28)13-16(17)24(33(2,29)30)12-6-9-18(26)21-20-23-22-19(32-20)14-7-4-3-5-8-14/h3-5,7-8,10-11,13H,6,9,12H2,1-2H3,(H,21,23,26). The van der Waals surface area contributed by atoms with Crippen LogP contribution in [0, 0.1) is 10.1 Å². The molecule has 2 aromatic carbocycles. The van der Waals surface area contributed by atoms with Crippen molar-refractivity contribution in [2.24, 2.45) is 0 Å². The molecular weight excluding hydrogens is 470 g/mol. The number of carbonyl (C=O) groups excluding carboxylic acids is 1. The summed E-state index contributed by atoms with van der Waals surface area (Å²) in [6, 6.07) is 13.1. The van der Waals surface area contributed by atoms with Gasteiger partial charge in [-0.05, 0) is 12.5 Å². The quantitative estimate of drug-likeness (QED) is 0.336. The highest BCUT2D eigenvalue weighted by atomic mass is 32.2. The average Bonchev–Trinajstić information content (AvgIpc) is 3.24. The Balaban J connectivity index is 1.66. The van der Waals surface area contributed by atoms with Crippen LogP contribution in [-0.2, 0) is 14.8 Å². The predicted octanol–water partition coefficient (Wildman–Crippen LogP) is 3.31. The molecule has 0 aliphatic heterocycles. The van der Waals surface area contributed by atoms with Crippen molar-refractivity contribution >= 4 is 43.8 Å². The number of nitro benzene ring substituents is 1. The summed E-state index contributed by atoms with van der Waals surface area (Å²) in [6.07, 6.45) is 1.15. The van der Waals surface area contributed by atoms with E-state index in [9.17, 15) is 23.3 Å². The van der Waals surface area contributed by atoms with E-state index < -0.39 is 14.9 Å². The van der Waals surface area contributed by atoms with Gasteiger partial charge < -0.3 is 10.1 Å². The summed E-state index contributed by atoms with van der Waals surface area (Å²) in [5.41, 5.74) is 0.638. The van der Waals surface area contributed by atoms with Crippen LogP contribution in [0.25, 0.3) is 10.6 Å². The summed E-state index contributed by atoms with van der Waals surface area (Å²) < 4.78 is 30.9. The van der Waals surface area contributed by atoms with Crippen molar-refractivity contribution in [3.8, 4) is 16.3 Å². The van der Waals surface area contributed by atoms with Gasteiger partial charge in [0.05, 0.1) is 18.3 Å². The van der Waals surface area contributed by atoms with E-state index in [0.717, 1.165) is 22.2 Å². The maximum absolute atomic E-state index is 12.4. The molecule has 1 amide bonds. The van der Waals surface area contributed by atoms with Gasteiger partial charge in [-0.25, -0.2) is 8.42 Å². The molecule has 1 N–H and O–H groups in total. The molecule has 0 saturated heterocycles. The van der Waals surface area contributed by atoms with Gasteiger partial charge in [0.25, 0.3) is 5.69 Å². The minimum atomic E-state index is -3.80. The molecule has 0 unspecified atom stereocenters. The van der Waals surface area contributed by atoms with Crippen molar-refractivity contribution in [3.63, 3.8) is 0 Å². The number of non-ortho nitro benzene ring substituents is 1. The number of nitrogens with one attached hydrogen (secondary N) is 1. The molecule has 0 radical (unpaired) electrons. The van der Waals surface area contributed by atoms with Crippen LogP contribution in [0.3, 0.4) is 0 Å². The number of hydrogen-bond acceptors (Lipinski definition) is 9. The molecule has 0 bridgehead atoms. The Labute approximate surface area is 194 Å². The summed E-state index contributed by atoms with van der Waals surface area (Å²) in [4.78, 5) is 22.8. The average molecular weight is 492 g/mol. The van der Waals surface area contributed by atoms with Crippen molar-refractivity contribution in [1.82, 2.24) is 10.2 Å². The fourth-order valence-corrected chi connectivity index (χ4v) is 4.71. The highest BCUT2D eigenvalue weighted by molar-refractivity contribution is 7.92. The number of methoxy groups -OCH3 is 1. The van der Waals surface area contributed by atoms with Gasteiger partial charge in [-0.15, -0.1) is 10.2 Å². The summed E-state index contributed by atoms with van der Waals surface area (Å²) in [5.74, 6) is -0.192. The third kappa shape index (κ3) is 6.23. The van der Waals surface area contributed by atoms with Crippen LogP contribution in [0.15, 0.2) is 48.5 Å². The molecule has 3 rings (SSSR count). The maximum Gasteiger partial charge on any atom is 0.271 e. The summed E-state index contributed by atoms with van der Waals surface area (Å²) >= 11 is 1.22. The van der Waals surface area contributed by atoms with Crippen LogP contribution >= 0.6 is 11.3 Å². The van der Waals surface area contributed by atoms with Gasteiger partial charge in [-0.1, -0.05) is 41.7 Å². The van der Waals surface area contributed by atoms with E-state index in [4.69, 9.17) is 4.74 Å². The third-order valence-corrected chi connectivity index (χ3v) is 6.57. The number of rotatable bonds is 10. The highest BCUT2D eigenvalue weighted by Gasteiger charge is 2.24. The molecule has 1 aromatic heterocycles. The molecule has 0 saturated carbocycles. The van der Waals surface area contributed by atoms with Crippen molar-refractivity contribution in [3.05, 3.63) is 58.6 Å². The molecule has 3 aromatic rings. The Bertz CT molecular complexity index is 1250. The SMILES string of the molecule is COc1ccc([N+](=O)[O-])cc1N(CCCC(=O)Nc1nnc(-c2ccccc2)s1)S(C)(=O)=O. The summed E-state index contributed by atoms with van der Waals surface area (Å²) in [5, 5.41) is 22.8. The van der Waals surface area contributed by atoms with Gasteiger partial charge in [-0.2, -0.15) is 0 Å². The number of benzene rings is 2. The molecule has 33 heavy (non-hydrogen) atoms. The van der Waals surface area contributed by atoms with E-state index in [1.54, 1.807) is 0 Å². The van der Waals surface area contributed by atoms with E-state index in [0.29, 0.717) is 10.1 Å². The lowest BCUT2D eigenvalue weighted by Crippen LogP contribution is -2.32. The normalized spacial score (nSPS) is 11.1. The minimum Gasteiger partial charge on any atom is -0.495 e. The predicted molar refractivity (Wildman–Crippen MR) is 125 cm³/mol. The fourth-order valence-electron chi connectivity index (χ4n) is 2.99. The van der Waals surface area contributed by atoms with E-state index in [-0.39, 0.29) is 42.4 Å². The number of nitro groups is 1. The van der Waals surface area contributed by atoms with Crippen LogP contribution in [0.2, 0.25) is 0 Å². The lowest BCUT2D eigenvalue weighted by Gasteiger charge is -2.24. The zero-order chi connectivity index (χ0) is 24.0. The molecule has 0 aliphatic carbocycles. The first-order valence-corrected chi connectivity index (χ1v) is 12.3. The van der Waals surface area contributed by atoms with E-state index in [2.05, 4.69) is 15.5 Å². The molecule has 1 heterocycles. The van der Waals surface area contributed by atoms with Crippen LogP contribution < -0.4 is 14.4 Å². The summed E-state index contributed by atoms with van der Waals surface area (Å²) in [7, 11) is -2.46. The maximum atomic E-state index is 12.4. The minimum absolute atomic E-state index is 0.00348. The number of amides is 1. The number of carbonyl (C=O) groups is 1. The molecular formula is C20H21N5O6S2. The van der Waals surface area contributed by atoms with E-state index in [1.807, 2.05) is 30.3 Å². The van der Waals surface area contributed by atoms with Crippen LogP contribution in [-0.4, -0.2) is 49.4 Å². The van der Waals surface area contributed by atoms with Crippen molar-refractivity contribution < 1.29 is 22.9 Å². The number of sulfonamides is 1. The van der Waals surface area contributed by atoms with Gasteiger partial charge in [0.1, 0.15) is 16.4 Å². The Morgan fingerprint density at radius 1 is 1.21 bits per heavy atom. The third-order valence-electron chi connectivity index (χ3n) is 4.50. The fraction of sp³-hybridized carbons (Fsp3) is 0.250. The number of nitrogens with zero attached hydrogens (tertiary/aromatic N) is 4. The second-order valence-electron chi connectivity index (χ2n) is 6.88. The molecule has 0 fully saturated rings. The Morgan fingerprint density at radius 3 is 2.58 bits per heavy atom. The number of anilines is 2. The zero-order valence-electron chi connectivity index (χ0n) is 17.8. The van der Waals surface area contributed by atoms with E-state index in [1.165, 1.54) is 30.6 Å². The Kier molecular flexibility index (Phi) is 7.55. The first-order chi connectivity index (χ1) is 15.7. The highest BCUT2D eigenvalue weighted by Crippen LogP contribution is 2.34. The van der Waals surface area contributed by atoms with Crippen molar-refractivity contribution in [2.45, 2.75) is 12.8 Å². The number of ether oxygens (including phenoxy) is 1. The first-order valence-electron chi connectivity index (χ1n) is 9.68. The van der Waals surface area contributed by atoms with Gasteiger partial charge in [-0.3, -0.25) is 19.2 Å². The van der Waals surface area contributed by atoms with E-state index >= 15 is 0 Å². The monoisotopic (exact) mass is 491 g/mol. The Hall–Kier alpha value is -3.58. The first kappa shape index (κ1) is 24.1. The smallest absolute Gasteiger partial charge is 0.271 e. The van der Waals surface area contributed by atoms with Crippen LogP contribution in [0.1, 0.15) is 12.8 Å². The second-order valence-corrected chi connectivity index (χ2v) is 9.76. The van der Waals surface area contributed by atoms with Crippen LogP contribution in [0.4, 0.5) is 16.5 Å². The second kappa shape index (κ2) is 10.4. The topological polar surface area (TPSA) is 145 Å². The lowest BCUT2D eigenvalue weighted by molar-refractivity contribution is -0.384. The molecule has 11 nitrogen and oxygen atoms in total. The molecule has 174 valence electrons. The molecule has 0 spiro atoms. The summed E-state index contributed by atoms with van der Waals surface area (Å²) in [6.45, 7) is -0.0742. The molecule has 13 heteroatoms. The lowest BCUT2D eigenvalue weighted by atomic mass is 10.2. The molecule has 0 atom stereocenters. The van der Waals surface area contributed by atoms with Gasteiger partial charge >= 0.3 is 0 Å². The number of hydrogen-bond donors (Lipinski definition) is 1. The number of aromatic nitrogens is 2. The molecule has 0 aliphatic rings. The van der Waals surface area contributed by atoms with Gasteiger partial charge in [0, 0.05) is 30.7 Å². The van der Waals surface area contributed by atoms with Crippen molar-refractivity contribution in [2.75, 3.05) is 29.5 Å². The van der Waals surface area contributed by atoms with Gasteiger partial charge in [0.15, 0.2) is 0 Å². The largest absolute Gasteiger partial charge is 0.495 e. The van der Waals surface area contributed by atoms with Crippen molar-refractivity contribution in [1.29, 1.82) is 0 Å². The van der Waals surface area contributed by atoms with Crippen LogP contribution in [0.5, 0.6) is 5.75 Å². The Morgan fingerprint density at radius 2 is 1.94 bits per heavy atom. The zero-order valence-corrected chi connectivity index (χ0v) is 19.4.